The molecule has 1 saturated heterocycles. The molecule has 44 heavy (non-hydrogen) atoms. The molecule has 224 valence electrons. The fourth-order valence-electron chi connectivity index (χ4n) is 5.08. The molecule has 3 heterocycles. The fourth-order valence-corrected chi connectivity index (χ4v) is 5.08. The number of imidazole rings is 1. The van der Waals surface area contributed by atoms with Crippen LogP contribution >= 0.6 is 0 Å². The van der Waals surface area contributed by atoms with E-state index in [-0.39, 0.29) is 28.9 Å². The molecule has 2 amide bonds. The van der Waals surface area contributed by atoms with Crippen molar-refractivity contribution in [3.8, 4) is 17.2 Å². The number of hydrogen-bond donors (Lipinski definition) is 3. The number of aromatic nitrogens is 3. The Morgan fingerprint density at radius 3 is 2.59 bits per heavy atom. The molecule has 0 saturated carbocycles. The molecule has 1 aliphatic heterocycles. The molecule has 1 atom stereocenters. The summed E-state index contributed by atoms with van der Waals surface area (Å²) < 4.78 is 48.6. The molecule has 0 unspecified atom stereocenters. The normalized spacial score (nSPS) is 14.9. The topological polar surface area (TPSA) is 110 Å². The maximum absolute atomic E-state index is 13.7. The van der Waals surface area contributed by atoms with Gasteiger partial charge in [-0.25, -0.2) is 9.97 Å². The van der Waals surface area contributed by atoms with Gasteiger partial charge in [0.25, 0.3) is 5.91 Å². The third-order valence-electron chi connectivity index (χ3n) is 7.20. The molecular formula is C32H27F3N6O3. The second kappa shape index (κ2) is 11.8. The van der Waals surface area contributed by atoms with Crippen molar-refractivity contribution >= 4 is 34.1 Å². The Labute approximate surface area is 250 Å². The summed E-state index contributed by atoms with van der Waals surface area (Å²) in [5, 5.41) is 9.84. The summed E-state index contributed by atoms with van der Waals surface area (Å²) in [4.78, 5) is 34.1. The van der Waals surface area contributed by atoms with Crippen LogP contribution in [-0.4, -0.2) is 38.9 Å². The summed E-state index contributed by atoms with van der Waals surface area (Å²) >= 11 is 0. The number of nitrogens with zero attached hydrogens (tertiary/aromatic N) is 3. The second-order valence-corrected chi connectivity index (χ2v) is 10.4. The molecule has 3 N–H and O–H groups in total. The average Bonchev–Trinajstić information content (AvgIpc) is 3.69. The Hall–Kier alpha value is -5.23. The van der Waals surface area contributed by atoms with E-state index >= 15 is 0 Å². The van der Waals surface area contributed by atoms with Crippen molar-refractivity contribution in [2.24, 2.45) is 0 Å². The lowest BCUT2D eigenvalue weighted by atomic mass is 10.0. The number of amides is 2. The predicted molar refractivity (Wildman–Crippen MR) is 159 cm³/mol. The molecule has 6 rings (SSSR count). The largest absolute Gasteiger partial charge is 0.457 e. The first-order valence-corrected chi connectivity index (χ1v) is 13.9. The highest BCUT2D eigenvalue weighted by Crippen LogP contribution is 2.34. The minimum atomic E-state index is -4.62. The van der Waals surface area contributed by atoms with Crippen LogP contribution in [0.5, 0.6) is 11.5 Å². The van der Waals surface area contributed by atoms with E-state index < -0.39 is 17.6 Å². The van der Waals surface area contributed by atoms with Crippen LogP contribution in [-0.2, 0) is 11.0 Å². The van der Waals surface area contributed by atoms with Gasteiger partial charge in [-0.3, -0.25) is 9.59 Å². The van der Waals surface area contributed by atoms with Gasteiger partial charge in [-0.15, -0.1) is 0 Å². The molecule has 0 aliphatic carbocycles. The Bertz CT molecular complexity index is 1860. The lowest BCUT2D eigenvalue weighted by molar-refractivity contribution is -0.137. The first-order chi connectivity index (χ1) is 21.1. The van der Waals surface area contributed by atoms with E-state index in [2.05, 4.69) is 25.9 Å². The molecule has 9 nitrogen and oxygen atoms in total. The predicted octanol–water partition coefficient (Wildman–Crippen LogP) is 6.48. The smallest absolute Gasteiger partial charge is 0.416 e. The molecule has 2 aromatic heterocycles. The third-order valence-corrected chi connectivity index (χ3v) is 7.20. The van der Waals surface area contributed by atoms with Gasteiger partial charge in [0.15, 0.2) is 0 Å². The van der Waals surface area contributed by atoms with Gasteiger partial charge in [0.05, 0.1) is 23.6 Å². The van der Waals surface area contributed by atoms with Gasteiger partial charge in [-0.1, -0.05) is 12.1 Å². The maximum atomic E-state index is 13.7. The zero-order valence-corrected chi connectivity index (χ0v) is 23.5. The Morgan fingerprint density at radius 2 is 1.84 bits per heavy atom. The van der Waals surface area contributed by atoms with E-state index in [4.69, 9.17) is 4.74 Å². The number of aryl methyl sites for hydroxylation is 1. The minimum Gasteiger partial charge on any atom is -0.457 e. The number of nitrogens with one attached hydrogen (secondary N) is 3. The quantitative estimate of drug-likeness (QED) is 0.197. The number of carbonyl (C=O) groups is 2. The highest BCUT2D eigenvalue weighted by atomic mass is 19.4. The number of rotatable bonds is 7. The van der Waals surface area contributed by atoms with Crippen molar-refractivity contribution in [2.75, 3.05) is 17.2 Å². The van der Waals surface area contributed by atoms with E-state index in [1.807, 2.05) is 0 Å². The molecular weight excluding hydrogens is 573 g/mol. The van der Waals surface area contributed by atoms with Gasteiger partial charge in [-0.2, -0.15) is 13.2 Å². The summed E-state index contributed by atoms with van der Waals surface area (Å²) in [7, 11) is 0. The van der Waals surface area contributed by atoms with Gasteiger partial charge in [-0.05, 0) is 85.6 Å². The van der Waals surface area contributed by atoms with Crippen molar-refractivity contribution < 1.29 is 27.5 Å². The SMILES string of the molecule is Cc1cn(-c2cc(NC(=O)c3cccc4cc(Oc5ccnc(NC(=O)[C@@H]6CCCN6)c5)ccc34)cc(C(F)(F)F)c2)cn1. The lowest BCUT2D eigenvalue weighted by Crippen LogP contribution is -2.35. The van der Waals surface area contributed by atoms with Crippen molar-refractivity contribution in [3.05, 3.63) is 102 Å². The highest BCUT2D eigenvalue weighted by Gasteiger charge is 2.31. The molecule has 1 aliphatic rings. The Balaban J connectivity index is 1.22. The molecule has 3 aromatic carbocycles. The van der Waals surface area contributed by atoms with E-state index in [0.29, 0.717) is 33.8 Å². The maximum Gasteiger partial charge on any atom is 0.416 e. The highest BCUT2D eigenvalue weighted by molar-refractivity contribution is 6.13. The zero-order chi connectivity index (χ0) is 30.8. The van der Waals surface area contributed by atoms with Crippen LogP contribution in [0.25, 0.3) is 16.5 Å². The van der Waals surface area contributed by atoms with Crippen LogP contribution in [0.15, 0.2) is 85.5 Å². The number of halogens is 3. The summed E-state index contributed by atoms with van der Waals surface area (Å²) in [6.07, 6.45) is 1.64. The van der Waals surface area contributed by atoms with Crippen molar-refractivity contribution in [1.29, 1.82) is 0 Å². The minimum absolute atomic E-state index is 0.00701. The van der Waals surface area contributed by atoms with E-state index in [1.165, 1.54) is 23.2 Å². The van der Waals surface area contributed by atoms with Crippen molar-refractivity contribution in [1.82, 2.24) is 19.9 Å². The number of benzene rings is 3. The number of anilines is 2. The monoisotopic (exact) mass is 600 g/mol. The van der Waals surface area contributed by atoms with Crippen LogP contribution in [0.4, 0.5) is 24.7 Å². The Morgan fingerprint density at radius 1 is 1.00 bits per heavy atom. The molecule has 0 bridgehead atoms. The average molecular weight is 601 g/mol. The number of hydrogen-bond acceptors (Lipinski definition) is 6. The van der Waals surface area contributed by atoms with Crippen LogP contribution in [0.3, 0.4) is 0 Å². The van der Waals surface area contributed by atoms with Gasteiger partial charge in [0, 0.05) is 35.4 Å². The fraction of sp³-hybridized carbons (Fsp3) is 0.188. The first-order valence-electron chi connectivity index (χ1n) is 13.9. The summed E-state index contributed by atoms with van der Waals surface area (Å²) in [6.45, 7) is 2.53. The molecule has 0 radical (unpaired) electrons. The van der Waals surface area contributed by atoms with E-state index in [9.17, 15) is 22.8 Å². The van der Waals surface area contributed by atoms with Crippen LogP contribution in [0.2, 0.25) is 0 Å². The van der Waals surface area contributed by atoms with E-state index in [0.717, 1.165) is 31.5 Å². The van der Waals surface area contributed by atoms with Crippen LogP contribution in [0.1, 0.15) is 34.5 Å². The number of ether oxygens (including phenoxy) is 1. The van der Waals surface area contributed by atoms with Gasteiger partial charge in [0.2, 0.25) is 5.91 Å². The van der Waals surface area contributed by atoms with E-state index in [1.54, 1.807) is 61.7 Å². The standard InChI is InChI=1S/C32H27F3N6O3/c1-19-17-41(18-38-19)23-14-21(32(33,34)35)13-22(15-23)39-30(42)27-5-2-4-20-12-24(7-8-26(20)27)44-25-9-11-37-29(16-25)40-31(43)28-6-3-10-36-28/h2,4-5,7-9,11-18,28,36H,3,6,10H2,1H3,(H,39,42)(H,37,40,43)/t28-/m0/s1. The van der Waals surface area contributed by atoms with Gasteiger partial charge in [0.1, 0.15) is 17.3 Å². The summed E-state index contributed by atoms with van der Waals surface area (Å²) in [5.41, 5.74) is 0.225. The molecule has 12 heteroatoms. The third kappa shape index (κ3) is 6.40. The number of fused-ring (bicyclic) bond motifs is 1. The summed E-state index contributed by atoms with van der Waals surface area (Å²) in [6, 6.07) is 16.6. The second-order valence-electron chi connectivity index (χ2n) is 10.4. The Kier molecular flexibility index (Phi) is 7.75. The first kappa shape index (κ1) is 28.9. The number of alkyl halides is 3. The van der Waals surface area contributed by atoms with Gasteiger partial charge < -0.3 is 25.3 Å². The summed E-state index contributed by atoms with van der Waals surface area (Å²) in [5.74, 6) is 0.580. The molecule has 5 aromatic rings. The molecule has 1 fully saturated rings. The van der Waals surface area contributed by atoms with Gasteiger partial charge >= 0.3 is 6.18 Å². The zero-order valence-electron chi connectivity index (χ0n) is 23.5. The lowest BCUT2D eigenvalue weighted by Gasteiger charge is -2.14. The number of pyridine rings is 1. The number of carbonyl (C=O) groups excluding carboxylic acids is 2. The van der Waals surface area contributed by atoms with Crippen molar-refractivity contribution in [3.63, 3.8) is 0 Å². The molecule has 0 spiro atoms. The van der Waals surface area contributed by atoms with Crippen LogP contribution < -0.4 is 20.7 Å². The van der Waals surface area contributed by atoms with Crippen LogP contribution in [0, 0.1) is 6.92 Å². The van der Waals surface area contributed by atoms with Crippen molar-refractivity contribution in [2.45, 2.75) is 32.0 Å².